The van der Waals surface area contributed by atoms with Gasteiger partial charge in [0, 0.05) is 24.8 Å². The number of aromatic nitrogens is 2. The number of amides is 1. The minimum Gasteiger partial charge on any atom is -0.497 e. The first-order valence-corrected chi connectivity index (χ1v) is 8.21. The summed E-state index contributed by atoms with van der Waals surface area (Å²) in [6.07, 6.45) is -0.181. The topological polar surface area (TPSA) is 97.5 Å². The highest BCUT2D eigenvalue weighted by molar-refractivity contribution is 5.76. The zero-order valence-electron chi connectivity index (χ0n) is 15.1. The number of methoxy groups -OCH3 is 1. The molecular weight excluding hydrogens is 322 g/mol. The number of ether oxygens (including phenoxy) is 1. The number of aryl methyl sites for hydroxylation is 1. The first-order chi connectivity index (χ1) is 11.8. The fourth-order valence-electron chi connectivity index (χ4n) is 2.12. The highest BCUT2D eigenvalue weighted by Crippen LogP contribution is 2.19. The molecule has 0 aliphatic carbocycles. The van der Waals surface area contributed by atoms with Gasteiger partial charge in [-0.15, -0.1) is 0 Å². The molecule has 2 rings (SSSR count). The molecule has 0 aliphatic rings. The normalized spacial score (nSPS) is 12.7. The first kappa shape index (κ1) is 18.9. The lowest BCUT2D eigenvalue weighted by Crippen LogP contribution is -2.28. The van der Waals surface area contributed by atoms with E-state index in [4.69, 9.17) is 9.26 Å². The number of aliphatic hydroxyl groups is 1. The van der Waals surface area contributed by atoms with Crippen molar-refractivity contribution in [2.75, 3.05) is 13.7 Å². The molecule has 0 aliphatic heterocycles. The van der Waals surface area contributed by atoms with Gasteiger partial charge in [-0.1, -0.05) is 38.1 Å². The van der Waals surface area contributed by atoms with E-state index in [9.17, 15) is 9.90 Å². The monoisotopic (exact) mass is 347 g/mol. The Hall–Kier alpha value is -2.41. The van der Waals surface area contributed by atoms with Gasteiger partial charge in [-0.2, -0.15) is 4.98 Å². The summed E-state index contributed by atoms with van der Waals surface area (Å²) in [5, 5.41) is 16.7. The quantitative estimate of drug-likeness (QED) is 0.796. The molecular formula is C18H25N3O4. The maximum absolute atomic E-state index is 11.9. The lowest BCUT2D eigenvalue weighted by Gasteiger charge is -2.12. The molecule has 1 aromatic carbocycles. The van der Waals surface area contributed by atoms with Crippen LogP contribution < -0.4 is 10.1 Å². The maximum Gasteiger partial charge on any atom is 0.227 e. The number of nitrogens with zero attached hydrogens (tertiary/aromatic N) is 2. The molecule has 0 saturated carbocycles. The predicted molar refractivity (Wildman–Crippen MR) is 92.3 cm³/mol. The number of aliphatic hydroxyl groups excluding tert-OH is 1. The lowest BCUT2D eigenvalue weighted by atomic mass is 9.96. The van der Waals surface area contributed by atoms with E-state index >= 15 is 0 Å². The van der Waals surface area contributed by atoms with E-state index in [2.05, 4.69) is 15.5 Å². The van der Waals surface area contributed by atoms with Gasteiger partial charge in [0.2, 0.25) is 11.8 Å². The molecule has 0 spiro atoms. The summed E-state index contributed by atoms with van der Waals surface area (Å²) in [6, 6.07) is 7.07. The fourth-order valence-corrected chi connectivity index (χ4v) is 2.12. The van der Waals surface area contributed by atoms with Crippen LogP contribution >= 0.6 is 0 Å². The van der Waals surface area contributed by atoms with Crippen molar-refractivity contribution in [2.45, 2.75) is 45.1 Å². The lowest BCUT2D eigenvalue weighted by molar-refractivity contribution is -0.121. The average molecular weight is 347 g/mol. The SMILES string of the molecule is COc1ccc(C(O)CNC(=O)CCc2nc(C(C)(C)C)no2)cc1. The Morgan fingerprint density at radius 1 is 1.32 bits per heavy atom. The number of rotatable bonds is 7. The predicted octanol–water partition coefficient (Wildman–Crippen LogP) is 2.16. The molecule has 1 atom stereocenters. The second-order valence-electron chi connectivity index (χ2n) is 6.85. The van der Waals surface area contributed by atoms with E-state index in [0.29, 0.717) is 29.4 Å². The van der Waals surface area contributed by atoms with Gasteiger partial charge in [-0.25, -0.2) is 0 Å². The Morgan fingerprint density at radius 3 is 2.56 bits per heavy atom. The van der Waals surface area contributed by atoms with Crippen LogP contribution in [0.4, 0.5) is 0 Å². The Labute approximate surface area is 147 Å². The van der Waals surface area contributed by atoms with Gasteiger partial charge in [0.25, 0.3) is 0 Å². The van der Waals surface area contributed by atoms with Crippen LogP contribution in [0.15, 0.2) is 28.8 Å². The van der Waals surface area contributed by atoms with Crippen LogP contribution in [0.5, 0.6) is 5.75 Å². The van der Waals surface area contributed by atoms with Crippen molar-refractivity contribution in [3.8, 4) is 5.75 Å². The summed E-state index contributed by atoms with van der Waals surface area (Å²) in [4.78, 5) is 16.2. The summed E-state index contributed by atoms with van der Waals surface area (Å²) in [7, 11) is 1.58. The highest BCUT2D eigenvalue weighted by Gasteiger charge is 2.21. The summed E-state index contributed by atoms with van der Waals surface area (Å²) in [5.41, 5.74) is 0.528. The van der Waals surface area contributed by atoms with Gasteiger partial charge < -0.3 is 19.7 Å². The van der Waals surface area contributed by atoms with E-state index in [0.717, 1.165) is 0 Å². The molecule has 1 aromatic heterocycles. The van der Waals surface area contributed by atoms with Gasteiger partial charge in [-0.05, 0) is 17.7 Å². The summed E-state index contributed by atoms with van der Waals surface area (Å²) >= 11 is 0. The van der Waals surface area contributed by atoms with Gasteiger partial charge in [0.05, 0.1) is 13.2 Å². The third kappa shape index (κ3) is 5.56. The second kappa shape index (κ2) is 8.11. The zero-order valence-corrected chi connectivity index (χ0v) is 15.1. The summed E-state index contributed by atoms with van der Waals surface area (Å²) in [6.45, 7) is 6.13. The highest BCUT2D eigenvalue weighted by atomic mass is 16.5. The van der Waals surface area contributed by atoms with Crippen LogP contribution in [0.25, 0.3) is 0 Å². The van der Waals surface area contributed by atoms with Gasteiger partial charge in [0.1, 0.15) is 5.75 Å². The molecule has 1 heterocycles. The van der Waals surface area contributed by atoms with Crippen LogP contribution in [0.1, 0.15) is 50.6 Å². The Morgan fingerprint density at radius 2 is 2.00 bits per heavy atom. The first-order valence-electron chi connectivity index (χ1n) is 8.21. The minimum atomic E-state index is -0.772. The average Bonchev–Trinajstić information content (AvgIpc) is 3.07. The molecule has 2 N–H and O–H groups in total. The largest absolute Gasteiger partial charge is 0.497 e. The Kier molecular flexibility index (Phi) is 6.14. The summed E-state index contributed by atoms with van der Waals surface area (Å²) in [5.74, 6) is 1.60. The number of benzene rings is 1. The van der Waals surface area contributed by atoms with E-state index in [1.165, 1.54) is 0 Å². The minimum absolute atomic E-state index is 0.141. The third-order valence-corrected chi connectivity index (χ3v) is 3.70. The molecule has 0 saturated heterocycles. The molecule has 0 bridgehead atoms. The van der Waals surface area contributed by atoms with Crippen molar-refractivity contribution in [1.29, 1.82) is 0 Å². The molecule has 7 nitrogen and oxygen atoms in total. The molecule has 0 radical (unpaired) electrons. The number of carbonyl (C=O) groups excluding carboxylic acids is 1. The molecule has 136 valence electrons. The van der Waals surface area contributed by atoms with Crippen LogP contribution in [0, 0.1) is 0 Å². The van der Waals surface area contributed by atoms with Crippen LogP contribution in [-0.4, -0.2) is 34.8 Å². The number of hydrogen-bond donors (Lipinski definition) is 2. The van der Waals surface area contributed by atoms with E-state index < -0.39 is 6.10 Å². The molecule has 25 heavy (non-hydrogen) atoms. The van der Waals surface area contributed by atoms with Crippen LogP contribution in [0.2, 0.25) is 0 Å². The van der Waals surface area contributed by atoms with E-state index in [1.807, 2.05) is 20.8 Å². The smallest absolute Gasteiger partial charge is 0.227 e. The third-order valence-electron chi connectivity index (χ3n) is 3.70. The fraction of sp³-hybridized carbons (Fsp3) is 0.500. The maximum atomic E-state index is 11.9. The van der Waals surface area contributed by atoms with Crippen molar-refractivity contribution < 1.29 is 19.2 Å². The number of carbonyl (C=O) groups is 1. The van der Waals surface area contributed by atoms with Gasteiger partial charge >= 0.3 is 0 Å². The van der Waals surface area contributed by atoms with Crippen molar-refractivity contribution in [2.24, 2.45) is 0 Å². The molecule has 0 fully saturated rings. The summed E-state index contributed by atoms with van der Waals surface area (Å²) < 4.78 is 10.2. The van der Waals surface area contributed by atoms with Crippen LogP contribution in [-0.2, 0) is 16.6 Å². The Balaban J connectivity index is 1.77. The van der Waals surface area contributed by atoms with E-state index in [1.54, 1.807) is 31.4 Å². The molecule has 1 amide bonds. The molecule has 7 heteroatoms. The van der Waals surface area contributed by atoms with Crippen molar-refractivity contribution >= 4 is 5.91 Å². The van der Waals surface area contributed by atoms with Crippen molar-refractivity contribution in [3.05, 3.63) is 41.5 Å². The van der Waals surface area contributed by atoms with E-state index in [-0.39, 0.29) is 24.3 Å². The zero-order chi connectivity index (χ0) is 18.4. The number of hydrogen-bond acceptors (Lipinski definition) is 6. The molecule has 1 unspecified atom stereocenters. The molecule has 2 aromatic rings. The van der Waals surface area contributed by atoms with Gasteiger partial charge in [0.15, 0.2) is 5.82 Å². The van der Waals surface area contributed by atoms with Gasteiger partial charge in [-0.3, -0.25) is 4.79 Å². The Bertz CT molecular complexity index is 689. The van der Waals surface area contributed by atoms with Crippen LogP contribution in [0.3, 0.4) is 0 Å². The second-order valence-corrected chi connectivity index (χ2v) is 6.85. The van der Waals surface area contributed by atoms with Crippen molar-refractivity contribution in [3.63, 3.8) is 0 Å². The van der Waals surface area contributed by atoms with Crippen molar-refractivity contribution in [1.82, 2.24) is 15.5 Å². The standard InChI is InChI=1S/C18H25N3O4/c1-18(2,3)17-20-16(25-21-17)10-9-15(23)19-11-14(22)12-5-7-13(24-4)8-6-12/h5-8,14,22H,9-11H2,1-4H3,(H,19,23). The number of nitrogens with one attached hydrogen (secondary N) is 1.